The van der Waals surface area contributed by atoms with Crippen LogP contribution >= 0.6 is 0 Å². The minimum atomic E-state index is -0.660. The van der Waals surface area contributed by atoms with Gasteiger partial charge in [-0.1, -0.05) is 43.0 Å². The number of ether oxygens (including phenoxy) is 1. The number of hydrogen-bond acceptors (Lipinski definition) is 5. The van der Waals surface area contributed by atoms with Gasteiger partial charge in [-0.05, 0) is 42.0 Å². The Balaban J connectivity index is 1.72. The van der Waals surface area contributed by atoms with E-state index < -0.39 is 11.9 Å². The monoisotopic (exact) mass is 410 g/mol. The van der Waals surface area contributed by atoms with Crippen LogP contribution in [-0.4, -0.2) is 17.5 Å². The number of rotatable bonds is 5. The fourth-order valence-electron chi connectivity index (χ4n) is 3.87. The zero-order valence-electron chi connectivity index (χ0n) is 16.5. The normalized spacial score (nSPS) is 15.2. The second kappa shape index (κ2) is 7.57. The summed E-state index contributed by atoms with van der Waals surface area (Å²) in [7, 11) is 0. The molecule has 31 heavy (non-hydrogen) atoms. The van der Waals surface area contributed by atoms with Crippen LogP contribution in [0.5, 0.6) is 5.75 Å². The Kier molecular flexibility index (Phi) is 4.59. The molecule has 1 aliphatic rings. The van der Waals surface area contributed by atoms with E-state index in [0.29, 0.717) is 34.7 Å². The summed E-state index contributed by atoms with van der Waals surface area (Å²) in [4.78, 5) is 32.7. The van der Waals surface area contributed by atoms with Crippen LogP contribution in [0.3, 0.4) is 0 Å². The molecule has 0 spiro atoms. The standard InChI is InChI=1S/C25H18N2O4/c1-2-15-30-17-12-10-16(11-13-17)22-21-23(28)18-7-3-4-8-19(18)31-24(21)25(29)27(22)20-9-5-6-14-26-20/h2-14,22H,1,15H2/t22-/m1/s1. The smallest absolute Gasteiger partial charge is 0.296 e. The van der Waals surface area contributed by atoms with E-state index in [1.54, 1.807) is 66.9 Å². The predicted molar refractivity (Wildman–Crippen MR) is 118 cm³/mol. The summed E-state index contributed by atoms with van der Waals surface area (Å²) in [5.74, 6) is 0.766. The lowest BCUT2D eigenvalue weighted by Gasteiger charge is -2.24. The maximum atomic E-state index is 13.4. The predicted octanol–water partition coefficient (Wildman–Crippen LogP) is 4.50. The highest BCUT2D eigenvalue weighted by atomic mass is 16.5. The lowest BCUT2D eigenvalue weighted by atomic mass is 9.98. The largest absolute Gasteiger partial charge is 0.490 e. The highest BCUT2D eigenvalue weighted by Gasteiger charge is 2.44. The van der Waals surface area contributed by atoms with Crippen LogP contribution in [0.4, 0.5) is 5.82 Å². The number of carbonyl (C=O) groups is 1. The minimum absolute atomic E-state index is 0.0475. The molecule has 4 aromatic rings. The molecule has 152 valence electrons. The van der Waals surface area contributed by atoms with Crippen molar-refractivity contribution < 1.29 is 13.9 Å². The molecule has 0 saturated carbocycles. The number of amides is 1. The van der Waals surface area contributed by atoms with E-state index in [1.807, 2.05) is 12.1 Å². The molecule has 0 bridgehead atoms. The summed E-state index contributed by atoms with van der Waals surface area (Å²) in [6.45, 7) is 4.04. The van der Waals surface area contributed by atoms with Gasteiger partial charge in [0.15, 0.2) is 5.43 Å². The van der Waals surface area contributed by atoms with Gasteiger partial charge in [0.2, 0.25) is 5.76 Å². The van der Waals surface area contributed by atoms with Gasteiger partial charge in [-0.2, -0.15) is 0 Å². The Hall–Kier alpha value is -4.19. The first-order chi connectivity index (χ1) is 15.2. The molecule has 2 aromatic carbocycles. The zero-order chi connectivity index (χ0) is 21.4. The number of benzene rings is 2. The molecular weight excluding hydrogens is 392 g/mol. The van der Waals surface area contributed by atoms with E-state index in [0.717, 1.165) is 5.56 Å². The van der Waals surface area contributed by atoms with Crippen LogP contribution < -0.4 is 15.1 Å². The lowest BCUT2D eigenvalue weighted by molar-refractivity contribution is 0.0970. The van der Waals surface area contributed by atoms with Crippen molar-refractivity contribution in [1.82, 2.24) is 4.98 Å². The third kappa shape index (κ3) is 3.09. The molecule has 1 atom stereocenters. The van der Waals surface area contributed by atoms with Gasteiger partial charge in [0.1, 0.15) is 23.8 Å². The van der Waals surface area contributed by atoms with Crippen molar-refractivity contribution >= 4 is 22.7 Å². The van der Waals surface area contributed by atoms with Crippen molar-refractivity contribution in [1.29, 1.82) is 0 Å². The van der Waals surface area contributed by atoms with Crippen molar-refractivity contribution in [2.24, 2.45) is 0 Å². The highest BCUT2D eigenvalue weighted by Crippen LogP contribution is 2.40. The van der Waals surface area contributed by atoms with Gasteiger partial charge >= 0.3 is 0 Å². The van der Waals surface area contributed by atoms with Gasteiger partial charge in [-0.25, -0.2) is 4.98 Å². The van der Waals surface area contributed by atoms with E-state index in [1.165, 1.54) is 4.90 Å². The molecule has 1 aliphatic heterocycles. The van der Waals surface area contributed by atoms with Crippen LogP contribution in [0, 0.1) is 0 Å². The molecule has 1 amide bonds. The second-order valence-electron chi connectivity index (χ2n) is 7.10. The van der Waals surface area contributed by atoms with Gasteiger partial charge in [0, 0.05) is 6.20 Å². The molecule has 0 N–H and O–H groups in total. The van der Waals surface area contributed by atoms with Crippen LogP contribution in [0.1, 0.15) is 27.7 Å². The first-order valence-corrected chi connectivity index (χ1v) is 9.83. The molecule has 5 rings (SSSR count). The van der Waals surface area contributed by atoms with Crippen LogP contribution in [0.25, 0.3) is 11.0 Å². The summed E-state index contributed by atoms with van der Waals surface area (Å²) in [5, 5.41) is 0.438. The Morgan fingerprint density at radius 1 is 1.03 bits per heavy atom. The third-order valence-electron chi connectivity index (χ3n) is 5.24. The summed E-state index contributed by atoms with van der Waals surface area (Å²) in [6.07, 6.45) is 3.28. The number of fused-ring (bicyclic) bond motifs is 2. The van der Waals surface area contributed by atoms with Gasteiger partial charge in [0.05, 0.1) is 17.0 Å². The summed E-state index contributed by atoms with van der Waals surface area (Å²) < 4.78 is 11.5. The molecule has 0 fully saturated rings. The Labute approximate surface area is 178 Å². The number of hydrogen-bond donors (Lipinski definition) is 0. The summed E-state index contributed by atoms with van der Waals surface area (Å²) in [6, 6.07) is 18.9. The third-order valence-corrected chi connectivity index (χ3v) is 5.24. The molecule has 0 radical (unpaired) electrons. The van der Waals surface area contributed by atoms with Gasteiger partial charge < -0.3 is 9.15 Å². The van der Waals surface area contributed by atoms with Crippen LogP contribution in [0.15, 0.2) is 94.8 Å². The number of carbonyl (C=O) groups excluding carboxylic acids is 1. The summed E-state index contributed by atoms with van der Waals surface area (Å²) >= 11 is 0. The molecule has 2 aromatic heterocycles. The number of anilines is 1. The van der Waals surface area contributed by atoms with Crippen molar-refractivity contribution in [2.75, 3.05) is 11.5 Å². The molecular formula is C25H18N2O4. The van der Waals surface area contributed by atoms with Gasteiger partial charge in [0.25, 0.3) is 5.91 Å². The van der Waals surface area contributed by atoms with E-state index in [4.69, 9.17) is 9.15 Å². The summed E-state index contributed by atoms with van der Waals surface area (Å²) in [5.41, 5.74) is 1.23. The number of nitrogens with zero attached hydrogens (tertiary/aromatic N) is 2. The lowest BCUT2D eigenvalue weighted by Crippen LogP contribution is -2.30. The maximum Gasteiger partial charge on any atom is 0.296 e. The average Bonchev–Trinajstić information content (AvgIpc) is 3.11. The average molecular weight is 410 g/mol. The second-order valence-corrected chi connectivity index (χ2v) is 7.10. The molecule has 3 heterocycles. The molecule has 0 aliphatic carbocycles. The quantitative estimate of drug-likeness (QED) is 0.453. The fourth-order valence-corrected chi connectivity index (χ4v) is 3.87. The Bertz CT molecular complexity index is 1340. The van der Waals surface area contributed by atoms with E-state index in [2.05, 4.69) is 11.6 Å². The molecule has 0 unspecified atom stereocenters. The Morgan fingerprint density at radius 2 is 1.81 bits per heavy atom. The first-order valence-electron chi connectivity index (χ1n) is 9.83. The fraction of sp³-hybridized carbons (Fsp3) is 0.0800. The topological polar surface area (TPSA) is 72.6 Å². The van der Waals surface area contributed by atoms with Crippen molar-refractivity contribution in [3.05, 3.63) is 113 Å². The minimum Gasteiger partial charge on any atom is -0.490 e. The van der Waals surface area contributed by atoms with Crippen LogP contribution in [0.2, 0.25) is 0 Å². The van der Waals surface area contributed by atoms with E-state index in [-0.39, 0.29) is 11.2 Å². The van der Waals surface area contributed by atoms with Gasteiger partial charge in [-0.15, -0.1) is 0 Å². The van der Waals surface area contributed by atoms with Crippen molar-refractivity contribution in [3.63, 3.8) is 0 Å². The Morgan fingerprint density at radius 3 is 2.55 bits per heavy atom. The van der Waals surface area contributed by atoms with Gasteiger partial charge in [-0.3, -0.25) is 14.5 Å². The van der Waals surface area contributed by atoms with E-state index >= 15 is 0 Å². The highest BCUT2D eigenvalue weighted by molar-refractivity contribution is 6.10. The first kappa shape index (κ1) is 18.8. The zero-order valence-corrected chi connectivity index (χ0v) is 16.5. The SMILES string of the molecule is C=CCOc1ccc([C@@H]2c3c(oc4ccccc4c3=O)C(=O)N2c2ccccn2)cc1. The molecule has 6 heteroatoms. The van der Waals surface area contributed by atoms with Crippen molar-refractivity contribution in [3.8, 4) is 5.75 Å². The van der Waals surface area contributed by atoms with E-state index in [9.17, 15) is 9.59 Å². The maximum absolute atomic E-state index is 13.4. The number of pyridine rings is 1. The number of para-hydroxylation sites is 1. The van der Waals surface area contributed by atoms with Crippen molar-refractivity contribution in [2.45, 2.75) is 6.04 Å². The molecule has 0 saturated heterocycles. The number of aromatic nitrogens is 1. The van der Waals surface area contributed by atoms with Crippen LogP contribution in [-0.2, 0) is 0 Å². The molecule has 6 nitrogen and oxygen atoms in total.